The van der Waals surface area contributed by atoms with Crippen molar-refractivity contribution >= 4 is 69.5 Å². The maximum Gasteiger partial charge on any atom is 0.350 e. The summed E-state index contributed by atoms with van der Waals surface area (Å²) in [6.45, 7) is 2.74. The van der Waals surface area contributed by atoms with Gasteiger partial charge in [0, 0.05) is 33.7 Å². The van der Waals surface area contributed by atoms with Gasteiger partial charge < -0.3 is 30.9 Å². The standard InChI is InChI=1S/C23H24N6O7S3/c1-23(2,21(34)35)36-27-14(13-10-39-22(24)25-13)17(30)26-15-18(31)29-16(20(32)33)11(9-38-19(15)29)8-28-6-4-12(37-3)5-7-28/h4-7,10,15,19H,8-9H2,1-3H3,(H4-,24,25,26,30,32,33,34,35)/b27-14-. The number of nitrogens with two attached hydrogens (primary N) is 1. The fourth-order valence-electron chi connectivity index (χ4n) is 3.71. The van der Waals surface area contributed by atoms with Crippen LogP contribution in [0.3, 0.4) is 0 Å². The number of nitrogen functional groups attached to an aromatic ring is 1. The third-order valence-electron chi connectivity index (χ3n) is 5.86. The summed E-state index contributed by atoms with van der Waals surface area (Å²) in [7, 11) is 0. The summed E-state index contributed by atoms with van der Waals surface area (Å²) in [6.07, 6.45) is 5.59. The van der Waals surface area contributed by atoms with Crippen molar-refractivity contribution in [1.82, 2.24) is 15.2 Å². The third kappa shape index (κ3) is 5.86. The Morgan fingerprint density at radius 3 is 2.64 bits per heavy atom. The first kappa shape index (κ1) is 28.4. The number of nitrogens with one attached hydrogen (secondary N) is 1. The molecule has 0 spiro atoms. The first-order valence-electron chi connectivity index (χ1n) is 11.4. The van der Waals surface area contributed by atoms with Gasteiger partial charge in [-0.3, -0.25) is 14.5 Å². The highest BCUT2D eigenvalue weighted by atomic mass is 32.2. The van der Waals surface area contributed by atoms with E-state index in [9.17, 15) is 29.4 Å². The van der Waals surface area contributed by atoms with E-state index in [1.807, 2.05) is 35.3 Å². The zero-order chi connectivity index (χ0) is 28.5. The predicted molar refractivity (Wildman–Crippen MR) is 141 cm³/mol. The zero-order valence-electron chi connectivity index (χ0n) is 20.9. The van der Waals surface area contributed by atoms with Crippen LogP contribution in [0.4, 0.5) is 5.13 Å². The summed E-state index contributed by atoms with van der Waals surface area (Å²) < 4.78 is 1.81. The molecule has 16 heteroatoms. The van der Waals surface area contributed by atoms with Crippen molar-refractivity contribution in [2.24, 2.45) is 5.16 Å². The number of thioether (sulfide) groups is 2. The normalized spacial score (nSPS) is 19.3. The molecule has 0 radical (unpaired) electrons. The molecule has 0 saturated carbocycles. The van der Waals surface area contributed by atoms with Gasteiger partial charge >= 0.3 is 5.97 Å². The van der Waals surface area contributed by atoms with Crippen molar-refractivity contribution < 1.29 is 38.8 Å². The van der Waals surface area contributed by atoms with E-state index in [0.717, 1.165) is 21.1 Å². The Morgan fingerprint density at radius 1 is 1.38 bits per heavy atom. The minimum atomic E-state index is -1.76. The largest absolute Gasteiger partial charge is 0.543 e. The molecule has 4 rings (SSSR count). The number of amides is 2. The van der Waals surface area contributed by atoms with Crippen LogP contribution in [0.5, 0.6) is 0 Å². The second-order valence-corrected chi connectivity index (χ2v) is 11.8. The van der Waals surface area contributed by atoms with Gasteiger partial charge in [0.1, 0.15) is 17.1 Å². The average Bonchev–Trinajstić information content (AvgIpc) is 3.32. The molecule has 1 saturated heterocycles. The molecule has 2 aromatic rings. The van der Waals surface area contributed by atoms with Gasteiger partial charge in [-0.25, -0.2) is 14.3 Å². The van der Waals surface area contributed by atoms with E-state index < -0.39 is 40.8 Å². The van der Waals surface area contributed by atoms with Crippen molar-refractivity contribution in [3.8, 4) is 0 Å². The number of carbonyl (C=O) groups excluding carboxylic acids is 3. The summed E-state index contributed by atoms with van der Waals surface area (Å²) in [6, 6.07) is 2.74. The van der Waals surface area contributed by atoms with Crippen LogP contribution >= 0.6 is 34.9 Å². The molecule has 1 fully saturated rings. The van der Waals surface area contributed by atoms with E-state index in [4.69, 9.17) is 10.6 Å². The molecular formula is C23H24N6O7S3. The van der Waals surface area contributed by atoms with E-state index in [1.54, 1.807) is 11.8 Å². The van der Waals surface area contributed by atoms with Gasteiger partial charge in [-0.2, -0.15) is 0 Å². The van der Waals surface area contributed by atoms with Crippen molar-refractivity contribution in [3.63, 3.8) is 0 Å². The third-order valence-corrected chi connectivity index (χ3v) is 8.61. The first-order chi connectivity index (χ1) is 18.4. The number of β-lactam (4-membered cyclic amide) rings is 1. The van der Waals surface area contributed by atoms with Gasteiger partial charge in [-0.15, -0.1) is 34.9 Å². The number of carbonyl (C=O) groups is 4. The lowest BCUT2D eigenvalue weighted by molar-refractivity contribution is -0.689. The zero-order valence-corrected chi connectivity index (χ0v) is 23.4. The number of thiazole rings is 1. The Labute approximate surface area is 235 Å². The van der Waals surface area contributed by atoms with Crippen LogP contribution in [0.2, 0.25) is 0 Å². The van der Waals surface area contributed by atoms with E-state index in [1.165, 1.54) is 31.0 Å². The van der Waals surface area contributed by atoms with Crippen molar-refractivity contribution in [1.29, 1.82) is 0 Å². The smallest absolute Gasteiger partial charge is 0.350 e. The lowest BCUT2D eigenvalue weighted by Gasteiger charge is -2.50. The molecule has 2 aliphatic rings. The number of oxime groups is 1. The molecule has 2 aliphatic heterocycles. The molecule has 4 N–H and O–H groups in total. The number of carboxylic acids is 2. The van der Waals surface area contributed by atoms with Crippen LogP contribution in [0.15, 0.2) is 51.2 Å². The first-order valence-corrected chi connectivity index (χ1v) is 14.5. The number of hydrogen-bond donors (Lipinski definition) is 3. The van der Waals surface area contributed by atoms with Crippen LogP contribution < -0.4 is 20.7 Å². The van der Waals surface area contributed by atoms with E-state index in [-0.39, 0.29) is 28.8 Å². The Hall–Kier alpha value is -3.63. The SMILES string of the molecule is CSc1cc[n+](CC2=C(C(=O)[O-])N3C(=O)C(NC(=O)/C(=N\OC(C)(C)C(=O)O)c4csc(N)n4)C3SC2)cc1. The van der Waals surface area contributed by atoms with Crippen LogP contribution in [0, 0.1) is 0 Å². The Morgan fingerprint density at radius 2 is 2.08 bits per heavy atom. The Bertz CT molecular complexity index is 1390. The maximum absolute atomic E-state index is 13.2. The highest BCUT2D eigenvalue weighted by Gasteiger charge is 2.53. The molecule has 0 bridgehead atoms. The second-order valence-electron chi connectivity index (χ2n) is 8.93. The number of pyridine rings is 1. The predicted octanol–water partition coefficient (Wildman–Crippen LogP) is -0.577. The Kier molecular flexibility index (Phi) is 8.17. The molecule has 2 atom stereocenters. The number of aromatic nitrogens is 2. The second kappa shape index (κ2) is 11.2. The van der Waals surface area contributed by atoms with Gasteiger partial charge in [0.2, 0.25) is 5.60 Å². The van der Waals surface area contributed by atoms with E-state index in [0.29, 0.717) is 11.3 Å². The highest BCUT2D eigenvalue weighted by molar-refractivity contribution is 8.00. The number of anilines is 1. The molecule has 2 amide bonds. The molecule has 13 nitrogen and oxygen atoms in total. The minimum absolute atomic E-state index is 0.0261. The van der Waals surface area contributed by atoms with Gasteiger partial charge in [-0.1, -0.05) is 5.16 Å². The average molecular weight is 593 g/mol. The summed E-state index contributed by atoms with van der Waals surface area (Å²) in [5.41, 5.74) is 3.84. The maximum atomic E-state index is 13.2. The monoisotopic (exact) mass is 592 g/mol. The summed E-state index contributed by atoms with van der Waals surface area (Å²) in [5.74, 6) is -4.01. The van der Waals surface area contributed by atoms with Gasteiger partial charge in [-0.05, 0) is 20.1 Å². The van der Waals surface area contributed by atoms with Gasteiger partial charge in [0.25, 0.3) is 11.8 Å². The fourth-order valence-corrected chi connectivity index (χ4v) is 5.98. The summed E-state index contributed by atoms with van der Waals surface area (Å²) in [5, 5.41) is 28.5. The minimum Gasteiger partial charge on any atom is -0.543 e. The van der Waals surface area contributed by atoms with Crippen molar-refractivity contribution in [2.75, 3.05) is 17.7 Å². The highest BCUT2D eigenvalue weighted by Crippen LogP contribution is 2.40. The number of hydrogen-bond acceptors (Lipinski definition) is 12. The number of rotatable bonds is 10. The van der Waals surface area contributed by atoms with Gasteiger partial charge in [0.05, 0.1) is 11.7 Å². The molecule has 39 heavy (non-hydrogen) atoms. The molecule has 2 unspecified atom stereocenters. The van der Waals surface area contributed by atoms with Crippen LogP contribution in [0.1, 0.15) is 19.5 Å². The van der Waals surface area contributed by atoms with Gasteiger partial charge in [0.15, 0.2) is 29.8 Å². The van der Waals surface area contributed by atoms with Crippen LogP contribution in [-0.4, -0.2) is 73.5 Å². The molecule has 2 aromatic heterocycles. The number of carboxylic acid groups (broad SMARTS) is 2. The molecule has 0 aromatic carbocycles. The van der Waals surface area contributed by atoms with Crippen LogP contribution in [-0.2, 0) is 30.6 Å². The Balaban J connectivity index is 1.54. The molecular weight excluding hydrogens is 568 g/mol. The quantitative estimate of drug-likeness (QED) is 0.105. The number of nitrogens with zero attached hydrogens (tertiary/aromatic N) is 4. The number of aliphatic carboxylic acids is 2. The summed E-state index contributed by atoms with van der Waals surface area (Å²) >= 11 is 3.90. The van der Waals surface area contributed by atoms with Crippen molar-refractivity contribution in [3.05, 3.63) is 46.9 Å². The van der Waals surface area contributed by atoms with Crippen molar-refractivity contribution in [2.45, 2.75) is 42.3 Å². The van der Waals surface area contributed by atoms with E-state index >= 15 is 0 Å². The molecule has 4 heterocycles. The lowest BCUT2D eigenvalue weighted by Crippen LogP contribution is -2.71. The topological polar surface area (TPSA) is 191 Å². The fraction of sp³-hybridized carbons (Fsp3) is 0.348. The summed E-state index contributed by atoms with van der Waals surface area (Å²) in [4.78, 5) is 61.0. The number of fused-ring (bicyclic) bond motifs is 1. The lowest BCUT2D eigenvalue weighted by atomic mass is 10.0. The molecule has 0 aliphatic carbocycles. The molecule has 206 valence electrons. The van der Waals surface area contributed by atoms with E-state index in [2.05, 4.69) is 15.5 Å². The van der Waals surface area contributed by atoms with Crippen LogP contribution in [0.25, 0.3) is 0 Å².